The quantitative estimate of drug-likeness (QED) is 0.692. The summed E-state index contributed by atoms with van der Waals surface area (Å²) in [7, 11) is 1.70. The van der Waals surface area contributed by atoms with E-state index < -0.39 is 5.60 Å². The fourth-order valence-corrected chi connectivity index (χ4v) is 8.53. The number of hydrogen-bond donors (Lipinski definition) is 1. The third-order valence-electron chi connectivity index (χ3n) is 9.75. The molecule has 0 saturated heterocycles. The maximum absolute atomic E-state index is 12.5. The van der Waals surface area contributed by atoms with E-state index >= 15 is 0 Å². The molecule has 0 bridgehead atoms. The first-order chi connectivity index (χ1) is 12.8. The second kappa shape index (κ2) is 6.99. The molecule has 4 saturated carbocycles. The zero-order chi connectivity index (χ0) is 19.4. The number of alkyl halides is 1. The summed E-state index contributed by atoms with van der Waals surface area (Å²) < 4.78 is 5.33. The summed E-state index contributed by atoms with van der Waals surface area (Å²) in [6.45, 7) is 5.37. The number of hydrogen-bond acceptors (Lipinski definition) is 3. The average Bonchev–Trinajstić information content (AvgIpc) is 2.99. The fraction of sp³-hybridized carbons (Fsp3) is 0.957. The molecule has 4 heteroatoms. The van der Waals surface area contributed by atoms with E-state index in [9.17, 15) is 9.90 Å². The van der Waals surface area contributed by atoms with Gasteiger partial charge in [-0.25, -0.2) is 0 Å². The topological polar surface area (TPSA) is 46.5 Å². The second-order valence-electron chi connectivity index (χ2n) is 10.8. The molecule has 0 radical (unpaired) electrons. The predicted octanol–water partition coefficient (Wildman–Crippen LogP) is 4.83. The van der Waals surface area contributed by atoms with Crippen molar-refractivity contribution < 1.29 is 14.6 Å². The molecule has 8 atom stereocenters. The summed E-state index contributed by atoms with van der Waals surface area (Å²) in [5, 5.41) is 11.0. The molecule has 0 aliphatic heterocycles. The smallest absolute Gasteiger partial charge is 0.151 e. The Labute approximate surface area is 169 Å². The van der Waals surface area contributed by atoms with Gasteiger partial charge in [-0.05, 0) is 92.3 Å². The van der Waals surface area contributed by atoms with Crippen molar-refractivity contribution in [2.45, 2.75) is 77.2 Å². The minimum Gasteiger partial charge on any atom is -0.387 e. The van der Waals surface area contributed by atoms with E-state index in [0.717, 1.165) is 37.5 Å². The Bertz CT molecular complexity index is 594. The molecule has 4 aliphatic rings. The van der Waals surface area contributed by atoms with Crippen LogP contribution in [0.25, 0.3) is 0 Å². The predicted molar refractivity (Wildman–Crippen MR) is 108 cm³/mol. The van der Waals surface area contributed by atoms with Crippen LogP contribution in [0.2, 0.25) is 0 Å². The number of fused-ring (bicyclic) bond motifs is 5. The normalized spacial score (nSPS) is 52.0. The number of halogens is 1. The molecule has 0 heterocycles. The van der Waals surface area contributed by atoms with Crippen LogP contribution in [0, 0.1) is 40.4 Å². The Morgan fingerprint density at radius 2 is 1.78 bits per heavy atom. The molecule has 0 aromatic carbocycles. The van der Waals surface area contributed by atoms with Crippen LogP contribution in [0.1, 0.15) is 71.6 Å². The van der Waals surface area contributed by atoms with E-state index in [1.807, 2.05) is 0 Å². The Morgan fingerprint density at radius 1 is 1.04 bits per heavy atom. The van der Waals surface area contributed by atoms with Crippen LogP contribution in [-0.4, -0.2) is 36.1 Å². The molecule has 4 aliphatic carbocycles. The van der Waals surface area contributed by atoms with Crippen molar-refractivity contribution in [2.24, 2.45) is 40.4 Å². The van der Waals surface area contributed by atoms with Gasteiger partial charge >= 0.3 is 0 Å². The third kappa shape index (κ3) is 3.02. The van der Waals surface area contributed by atoms with E-state index in [1.165, 1.54) is 32.1 Å². The van der Waals surface area contributed by atoms with Crippen molar-refractivity contribution in [3.63, 3.8) is 0 Å². The van der Waals surface area contributed by atoms with E-state index in [2.05, 4.69) is 13.8 Å². The summed E-state index contributed by atoms with van der Waals surface area (Å²) >= 11 is 5.94. The molecule has 0 aromatic rings. The molecule has 3 nitrogen and oxygen atoms in total. The van der Waals surface area contributed by atoms with Crippen molar-refractivity contribution >= 4 is 17.4 Å². The van der Waals surface area contributed by atoms with Gasteiger partial charge in [0, 0.05) is 13.0 Å². The van der Waals surface area contributed by atoms with Crippen molar-refractivity contribution in [3.8, 4) is 0 Å². The van der Waals surface area contributed by atoms with Gasteiger partial charge in [0.2, 0.25) is 0 Å². The van der Waals surface area contributed by atoms with Gasteiger partial charge in [-0.15, -0.1) is 11.6 Å². The number of rotatable bonds is 4. The largest absolute Gasteiger partial charge is 0.387 e. The summed E-state index contributed by atoms with van der Waals surface area (Å²) in [5.41, 5.74) is -0.110. The van der Waals surface area contributed by atoms with Crippen molar-refractivity contribution in [1.29, 1.82) is 0 Å². The maximum Gasteiger partial charge on any atom is 0.151 e. The Balaban J connectivity index is 1.55. The van der Waals surface area contributed by atoms with Crippen LogP contribution in [0.15, 0.2) is 0 Å². The molecular weight excluding hydrogens is 360 g/mol. The molecule has 1 N–H and O–H groups in total. The highest BCUT2D eigenvalue weighted by molar-refractivity contribution is 6.28. The minimum absolute atomic E-state index is 0.168. The van der Waals surface area contributed by atoms with Gasteiger partial charge in [-0.3, -0.25) is 4.79 Å². The summed E-state index contributed by atoms with van der Waals surface area (Å²) in [6, 6.07) is 0. The van der Waals surface area contributed by atoms with Gasteiger partial charge in [-0.2, -0.15) is 0 Å². The number of aliphatic hydroxyl groups is 1. The van der Waals surface area contributed by atoms with Gasteiger partial charge < -0.3 is 9.84 Å². The Kier molecular flexibility index (Phi) is 5.22. The zero-order valence-corrected chi connectivity index (χ0v) is 18.1. The fourth-order valence-electron chi connectivity index (χ4n) is 8.34. The molecule has 0 aromatic heterocycles. The average molecular weight is 397 g/mol. The number of methoxy groups -OCH3 is 1. The van der Waals surface area contributed by atoms with E-state index in [0.29, 0.717) is 23.9 Å². The summed E-state index contributed by atoms with van der Waals surface area (Å²) in [6.07, 6.45) is 10.1. The molecule has 4 rings (SSSR count). The van der Waals surface area contributed by atoms with E-state index in [4.69, 9.17) is 16.3 Å². The molecule has 0 amide bonds. The van der Waals surface area contributed by atoms with Crippen molar-refractivity contribution in [2.75, 3.05) is 19.6 Å². The molecule has 27 heavy (non-hydrogen) atoms. The minimum atomic E-state index is -0.625. The van der Waals surface area contributed by atoms with Crippen LogP contribution < -0.4 is 0 Å². The SMILES string of the molecule is COC[C@@]1(O)CC[C@@]2(C)[C@@H](CC[C@@H]3[C@@H]2CC[C@]2(C)[C@@H](C(=O)CCl)CC[C@@H]32)C1. The van der Waals surface area contributed by atoms with Gasteiger partial charge in [0.15, 0.2) is 5.78 Å². The molecular formula is C23H37ClO3. The van der Waals surface area contributed by atoms with E-state index in [1.54, 1.807) is 7.11 Å². The highest BCUT2D eigenvalue weighted by Crippen LogP contribution is 2.68. The molecule has 0 spiro atoms. The van der Waals surface area contributed by atoms with Crippen LogP contribution >= 0.6 is 11.6 Å². The number of carbonyl (C=O) groups excluding carboxylic acids is 1. The van der Waals surface area contributed by atoms with Crippen LogP contribution in [0.4, 0.5) is 0 Å². The lowest BCUT2D eigenvalue weighted by atomic mass is 9.44. The molecule has 4 fully saturated rings. The Morgan fingerprint density at radius 3 is 2.48 bits per heavy atom. The lowest BCUT2D eigenvalue weighted by molar-refractivity contribution is -0.163. The lowest BCUT2D eigenvalue weighted by Crippen LogP contribution is -2.56. The third-order valence-corrected chi connectivity index (χ3v) is 10.0. The molecule has 0 unspecified atom stereocenters. The van der Waals surface area contributed by atoms with Gasteiger partial charge in [-0.1, -0.05) is 13.8 Å². The first-order valence-corrected chi connectivity index (χ1v) is 11.6. The highest BCUT2D eigenvalue weighted by atomic mass is 35.5. The maximum atomic E-state index is 12.5. The van der Waals surface area contributed by atoms with Gasteiger partial charge in [0.25, 0.3) is 0 Å². The van der Waals surface area contributed by atoms with Crippen molar-refractivity contribution in [1.82, 2.24) is 0 Å². The highest BCUT2D eigenvalue weighted by Gasteiger charge is 2.61. The van der Waals surface area contributed by atoms with E-state index in [-0.39, 0.29) is 23.0 Å². The summed E-state index contributed by atoms with van der Waals surface area (Å²) in [4.78, 5) is 12.5. The second-order valence-corrected chi connectivity index (χ2v) is 11.1. The standard InChI is InChI=1S/C23H37ClO3/c1-21-10-11-23(26,14-27-3)12-15(21)4-5-16-17-6-7-19(20(25)13-24)22(17,2)9-8-18(16)21/h15-19,26H,4-14H2,1-3H3/t15-,16-,17-,18-,19+,21-,22-,23+/m0/s1. The van der Waals surface area contributed by atoms with Gasteiger partial charge in [0.05, 0.1) is 18.1 Å². The first kappa shape index (κ1) is 20.2. The molecule has 154 valence electrons. The van der Waals surface area contributed by atoms with Crippen LogP contribution in [-0.2, 0) is 9.53 Å². The lowest BCUT2D eigenvalue weighted by Gasteiger charge is -2.62. The van der Waals surface area contributed by atoms with Crippen LogP contribution in [0.5, 0.6) is 0 Å². The first-order valence-electron chi connectivity index (χ1n) is 11.1. The zero-order valence-electron chi connectivity index (χ0n) is 17.3. The van der Waals surface area contributed by atoms with Crippen molar-refractivity contribution in [3.05, 3.63) is 0 Å². The monoisotopic (exact) mass is 396 g/mol. The van der Waals surface area contributed by atoms with Gasteiger partial charge in [0.1, 0.15) is 0 Å². The number of carbonyl (C=O) groups is 1. The number of ether oxygens (including phenoxy) is 1. The van der Waals surface area contributed by atoms with Crippen LogP contribution in [0.3, 0.4) is 0 Å². The number of Topliss-reactive ketones (excluding diaryl/α,β-unsaturated/α-hetero) is 1. The summed E-state index contributed by atoms with van der Waals surface area (Å²) in [5.74, 6) is 3.45. The Hall–Kier alpha value is -0.120. The number of ketones is 1.